The Bertz CT molecular complexity index is 2240. The molecule has 4 aliphatic rings. The lowest BCUT2D eigenvalue weighted by Crippen LogP contribution is -2.52. The van der Waals surface area contributed by atoms with E-state index in [2.05, 4.69) is 0 Å². The van der Waals surface area contributed by atoms with Gasteiger partial charge in [0.15, 0.2) is 5.78 Å². The van der Waals surface area contributed by atoms with Crippen molar-refractivity contribution >= 4 is 35.2 Å². The van der Waals surface area contributed by atoms with Gasteiger partial charge in [-0.15, -0.1) is 0 Å². The van der Waals surface area contributed by atoms with Crippen LogP contribution in [0.1, 0.15) is 65.2 Å². The summed E-state index contributed by atoms with van der Waals surface area (Å²) < 4.78 is 10.6. The Labute approximate surface area is 302 Å². The third-order valence-corrected chi connectivity index (χ3v) is 10.2. The number of ketones is 1. The number of non-ortho nitro benzene ring substituents is 1. The SMILES string of the molecule is COc1cccc(C(=O)Oc2ccc(C(=O)CN(C(=O)c3ccc([N+](=O)[O-])cc3)N3C(=O)[C@H]4C5c6ccccc6C(c6ccccc65)[C@@H]4C3=O)cc2)c1. The third kappa shape index (κ3) is 5.51. The summed E-state index contributed by atoms with van der Waals surface area (Å²) in [6.45, 7) is -0.703. The van der Waals surface area contributed by atoms with Crippen molar-refractivity contribution in [2.75, 3.05) is 13.7 Å². The number of imide groups is 1. The van der Waals surface area contributed by atoms with Gasteiger partial charge in [-0.25, -0.2) is 9.80 Å². The Morgan fingerprint density at radius 1 is 0.679 bits per heavy atom. The van der Waals surface area contributed by atoms with Gasteiger partial charge in [0, 0.05) is 35.1 Å². The van der Waals surface area contributed by atoms with Crippen molar-refractivity contribution in [1.82, 2.24) is 10.0 Å². The smallest absolute Gasteiger partial charge is 0.343 e. The van der Waals surface area contributed by atoms with Crippen LogP contribution in [0.3, 0.4) is 0 Å². The molecule has 12 nitrogen and oxygen atoms in total. The molecular weight excluding hydrogens is 678 g/mol. The lowest BCUT2D eigenvalue weighted by Gasteiger charge is -2.45. The number of hydrogen-bond donors (Lipinski definition) is 0. The van der Waals surface area contributed by atoms with E-state index in [0.717, 1.165) is 44.4 Å². The monoisotopic (exact) mass is 707 g/mol. The van der Waals surface area contributed by atoms with Crippen LogP contribution in [0.25, 0.3) is 0 Å². The fraction of sp³-hybridized carbons (Fsp3) is 0.146. The molecule has 0 radical (unpaired) electrons. The quantitative estimate of drug-likeness (QED) is 0.0451. The molecule has 5 aromatic carbocycles. The fourth-order valence-corrected chi connectivity index (χ4v) is 7.86. The molecule has 1 aliphatic heterocycles. The van der Waals surface area contributed by atoms with Gasteiger partial charge >= 0.3 is 5.97 Å². The zero-order valence-electron chi connectivity index (χ0n) is 28.1. The number of carbonyl (C=O) groups is 5. The topological polar surface area (TPSA) is 153 Å². The van der Waals surface area contributed by atoms with Gasteiger partial charge in [0.1, 0.15) is 18.0 Å². The van der Waals surface area contributed by atoms with Crippen LogP contribution in [-0.2, 0) is 9.59 Å². The minimum absolute atomic E-state index is 0.0618. The van der Waals surface area contributed by atoms with Crippen LogP contribution in [0.2, 0.25) is 0 Å². The number of ether oxygens (including phenoxy) is 2. The Hall–Kier alpha value is -6.95. The number of carbonyl (C=O) groups excluding carboxylic acids is 5. The Balaban J connectivity index is 1.11. The van der Waals surface area contributed by atoms with Crippen molar-refractivity contribution in [3.05, 3.63) is 170 Å². The van der Waals surface area contributed by atoms with Crippen LogP contribution in [0.5, 0.6) is 11.5 Å². The van der Waals surface area contributed by atoms with Crippen molar-refractivity contribution in [2.24, 2.45) is 11.8 Å². The molecule has 53 heavy (non-hydrogen) atoms. The summed E-state index contributed by atoms with van der Waals surface area (Å²) in [4.78, 5) is 80.7. The summed E-state index contributed by atoms with van der Waals surface area (Å²) in [5.74, 6) is -5.25. The second kappa shape index (κ2) is 13.0. The van der Waals surface area contributed by atoms with Gasteiger partial charge in [0.2, 0.25) is 0 Å². The maximum absolute atomic E-state index is 14.6. The van der Waals surface area contributed by atoms with Crippen molar-refractivity contribution in [3.63, 3.8) is 0 Å². The molecule has 0 unspecified atom stereocenters. The van der Waals surface area contributed by atoms with Crippen molar-refractivity contribution < 1.29 is 38.4 Å². The lowest BCUT2D eigenvalue weighted by molar-refractivity contribution is -0.384. The highest BCUT2D eigenvalue weighted by Crippen LogP contribution is 2.61. The number of nitro benzene ring substituents is 1. The van der Waals surface area contributed by atoms with Crippen molar-refractivity contribution in [3.8, 4) is 11.5 Å². The van der Waals surface area contributed by atoms with E-state index in [1.165, 1.54) is 49.6 Å². The predicted molar refractivity (Wildman–Crippen MR) is 188 cm³/mol. The van der Waals surface area contributed by atoms with E-state index in [9.17, 15) is 34.1 Å². The van der Waals surface area contributed by atoms with E-state index in [1.807, 2.05) is 48.5 Å². The number of Topliss-reactive ketones (excluding diaryl/α,β-unsaturated/α-hetero) is 1. The average Bonchev–Trinajstić information content (AvgIpc) is 3.46. The van der Waals surface area contributed by atoms with E-state index in [4.69, 9.17) is 9.47 Å². The summed E-state index contributed by atoms with van der Waals surface area (Å²) in [5, 5.41) is 13.0. The number of nitrogens with zero attached hydrogens (tertiary/aromatic N) is 3. The van der Waals surface area contributed by atoms with Gasteiger partial charge in [0.05, 0.1) is 29.4 Å². The first-order valence-electron chi connectivity index (χ1n) is 16.8. The maximum atomic E-state index is 14.6. The number of benzene rings is 5. The van der Waals surface area contributed by atoms with Gasteiger partial charge in [0.25, 0.3) is 23.4 Å². The molecule has 3 amide bonds. The van der Waals surface area contributed by atoms with Crippen LogP contribution in [0.15, 0.2) is 121 Å². The van der Waals surface area contributed by atoms with Crippen molar-refractivity contribution in [1.29, 1.82) is 0 Å². The maximum Gasteiger partial charge on any atom is 0.343 e. The molecule has 5 aromatic rings. The van der Waals surface area contributed by atoms with E-state index in [0.29, 0.717) is 5.75 Å². The minimum atomic E-state index is -0.861. The molecule has 1 fully saturated rings. The van der Waals surface area contributed by atoms with E-state index in [-0.39, 0.29) is 28.1 Å². The van der Waals surface area contributed by atoms with Crippen LogP contribution in [-0.4, -0.2) is 58.1 Å². The van der Waals surface area contributed by atoms with Crippen LogP contribution in [0.4, 0.5) is 5.69 Å². The fourth-order valence-electron chi connectivity index (χ4n) is 7.86. The third-order valence-electron chi connectivity index (χ3n) is 10.2. The van der Waals surface area contributed by atoms with E-state index in [1.54, 1.807) is 18.2 Å². The number of amides is 3. The highest BCUT2D eigenvalue weighted by molar-refractivity contribution is 6.11. The molecule has 2 bridgehead atoms. The molecule has 262 valence electrons. The molecule has 9 rings (SSSR count). The zero-order chi connectivity index (χ0) is 37.0. The largest absolute Gasteiger partial charge is 0.497 e. The summed E-state index contributed by atoms with van der Waals surface area (Å²) in [6.07, 6.45) is 0. The molecule has 12 heteroatoms. The second-order valence-corrected chi connectivity index (χ2v) is 13.0. The number of esters is 1. The predicted octanol–water partition coefficient (Wildman–Crippen LogP) is 5.95. The molecule has 0 spiro atoms. The number of rotatable bonds is 9. The Morgan fingerprint density at radius 2 is 1.21 bits per heavy atom. The average molecular weight is 708 g/mol. The molecule has 0 N–H and O–H groups in total. The Morgan fingerprint density at radius 3 is 1.72 bits per heavy atom. The summed E-state index contributed by atoms with van der Waals surface area (Å²) in [5.41, 5.74) is 3.81. The van der Waals surface area contributed by atoms with E-state index < -0.39 is 64.6 Å². The summed E-state index contributed by atoms with van der Waals surface area (Å²) in [7, 11) is 1.48. The van der Waals surface area contributed by atoms with Crippen LogP contribution >= 0.6 is 0 Å². The lowest BCUT2D eigenvalue weighted by atomic mass is 9.55. The zero-order valence-corrected chi connectivity index (χ0v) is 28.1. The molecule has 0 saturated carbocycles. The number of methoxy groups -OCH3 is 1. The molecule has 2 atom stereocenters. The molecule has 1 heterocycles. The van der Waals surface area contributed by atoms with Gasteiger partial charge in [-0.05, 0) is 76.9 Å². The second-order valence-electron chi connectivity index (χ2n) is 13.0. The molecular formula is C41H29N3O9. The summed E-state index contributed by atoms with van der Waals surface area (Å²) in [6, 6.07) is 32.2. The highest BCUT2D eigenvalue weighted by Gasteiger charge is 2.63. The van der Waals surface area contributed by atoms with Gasteiger partial charge in [-0.3, -0.25) is 29.3 Å². The highest BCUT2D eigenvalue weighted by atomic mass is 16.6. The van der Waals surface area contributed by atoms with Crippen LogP contribution < -0.4 is 9.47 Å². The minimum Gasteiger partial charge on any atom is -0.497 e. The van der Waals surface area contributed by atoms with Crippen molar-refractivity contribution in [2.45, 2.75) is 11.8 Å². The van der Waals surface area contributed by atoms with Gasteiger partial charge in [-0.1, -0.05) is 54.6 Å². The van der Waals surface area contributed by atoms with Gasteiger partial charge < -0.3 is 9.47 Å². The normalized spacial score (nSPS) is 19.2. The number of hydrogen-bond acceptors (Lipinski definition) is 9. The van der Waals surface area contributed by atoms with Gasteiger partial charge in [-0.2, -0.15) is 5.01 Å². The molecule has 0 aromatic heterocycles. The molecule has 1 saturated heterocycles. The summed E-state index contributed by atoms with van der Waals surface area (Å²) >= 11 is 0. The Kier molecular flexibility index (Phi) is 8.14. The first kappa shape index (κ1) is 33.2. The first-order valence-corrected chi connectivity index (χ1v) is 16.8. The number of hydrazine groups is 1. The molecule has 3 aliphatic carbocycles. The van der Waals surface area contributed by atoms with E-state index >= 15 is 0 Å². The van der Waals surface area contributed by atoms with Crippen LogP contribution in [0, 0.1) is 22.0 Å². The number of nitro groups is 1. The first-order chi connectivity index (χ1) is 25.7. The standard InChI is InChI=1S/C41H29N3O9/c1-52-28-8-6-7-25(21-28)41(49)53-27-19-15-23(16-20-27)33(45)22-42(38(46)24-13-17-26(18-14-24)44(50)51)43-39(47)36-34-29-9-2-3-10-30(29)35(37(36)40(43)48)32-12-5-4-11-31(32)34/h2-21,34-37H,22H2,1H3/t34?,35?,36-,37-/m0/s1.